The van der Waals surface area contributed by atoms with E-state index in [9.17, 15) is 4.79 Å². The Labute approximate surface area is 148 Å². The third-order valence-corrected chi connectivity index (χ3v) is 4.99. The molecule has 25 heavy (non-hydrogen) atoms. The molecule has 136 valence electrons. The summed E-state index contributed by atoms with van der Waals surface area (Å²) in [4.78, 5) is 19.3. The van der Waals surface area contributed by atoms with Crippen molar-refractivity contribution in [1.29, 1.82) is 0 Å². The Morgan fingerprint density at radius 2 is 2.24 bits per heavy atom. The number of rotatable bonds is 6. The third-order valence-electron chi connectivity index (χ3n) is 4.99. The number of methoxy groups -OCH3 is 1. The van der Waals surface area contributed by atoms with E-state index in [4.69, 9.17) is 9.26 Å². The number of piperidine rings is 1. The van der Waals surface area contributed by atoms with E-state index >= 15 is 0 Å². The number of carbonyl (C=O) groups is 1. The van der Waals surface area contributed by atoms with Crippen LogP contribution in [0, 0.1) is 13.8 Å². The predicted molar refractivity (Wildman–Crippen MR) is 92.2 cm³/mol. The summed E-state index contributed by atoms with van der Waals surface area (Å²) in [6, 6.07) is 0.218. The maximum atomic E-state index is 13.1. The Bertz CT molecular complexity index is 722. The second-order valence-corrected chi connectivity index (χ2v) is 6.60. The van der Waals surface area contributed by atoms with Crippen LogP contribution in [-0.4, -0.2) is 45.2 Å². The van der Waals surface area contributed by atoms with E-state index in [1.54, 1.807) is 7.11 Å². The van der Waals surface area contributed by atoms with Crippen LogP contribution in [0.25, 0.3) is 0 Å². The Balaban J connectivity index is 1.74. The molecule has 2 aromatic rings. The smallest absolute Gasteiger partial charge is 0.276 e. The third kappa shape index (κ3) is 3.76. The molecule has 1 aliphatic heterocycles. The lowest BCUT2D eigenvalue weighted by atomic mass is 9.98. The summed E-state index contributed by atoms with van der Waals surface area (Å²) in [6.45, 7) is 5.78. The van der Waals surface area contributed by atoms with Gasteiger partial charge >= 0.3 is 0 Å². The van der Waals surface area contributed by atoms with Crippen molar-refractivity contribution >= 4 is 5.91 Å². The Hall–Kier alpha value is -2.15. The van der Waals surface area contributed by atoms with Crippen LogP contribution in [0.5, 0.6) is 0 Å². The second-order valence-electron chi connectivity index (χ2n) is 6.60. The van der Waals surface area contributed by atoms with Crippen LogP contribution in [0.1, 0.15) is 53.3 Å². The number of hydrogen-bond acceptors (Lipinski definition) is 5. The van der Waals surface area contributed by atoms with E-state index in [1.165, 1.54) is 0 Å². The number of aryl methyl sites for hydroxylation is 3. The Morgan fingerprint density at radius 3 is 2.96 bits per heavy atom. The fraction of sp³-hybridized carbons (Fsp3) is 0.611. The summed E-state index contributed by atoms with van der Waals surface area (Å²) < 4.78 is 12.6. The van der Waals surface area contributed by atoms with E-state index in [1.807, 2.05) is 31.1 Å². The normalized spacial score (nSPS) is 17.9. The molecule has 1 saturated heterocycles. The van der Waals surface area contributed by atoms with Gasteiger partial charge in [-0.1, -0.05) is 5.16 Å². The number of amides is 1. The van der Waals surface area contributed by atoms with Gasteiger partial charge in [0.15, 0.2) is 5.69 Å². The van der Waals surface area contributed by atoms with Gasteiger partial charge in [-0.3, -0.25) is 4.79 Å². The standard InChI is InChI=1S/C18H26N4O3/c1-13-16(12-24-3)17(20-25-13)18(23)22-9-5-4-6-15(22)7-10-21-11-8-19-14(21)2/h8,11,15H,4-7,9-10,12H2,1-3H3/t15-/m0/s1. The first kappa shape index (κ1) is 17.7. The van der Waals surface area contributed by atoms with Gasteiger partial charge in [0, 0.05) is 38.6 Å². The average Bonchev–Trinajstić information content (AvgIpc) is 3.19. The molecule has 0 aliphatic carbocycles. The van der Waals surface area contributed by atoms with Crippen molar-refractivity contribution < 1.29 is 14.1 Å². The van der Waals surface area contributed by atoms with Crippen LogP contribution in [0.2, 0.25) is 0 Å². The highest BCUT2D eigenvalue weighted by molar-refractivity contribution is 5.94. The molecule has 0 saturated carbocycles. The number of likely N-dealkylation sites (tertiary alicyclic amines) is 1. The summed E-state index contributed by atoms with van der Waals surface area (Å²) in [5, 5.41) is 4.01. The van der Waals surface area contributed by atoms with Crippen molar-refractivity contribution in [3.8, 4) is 0 Å². The second kappa shape index (κ2) is 7.82. The number of ether oxygens (including phenoxy) is 1. The lowest BCUT2D eigenvalue weighted by Gasteiger charge is -2.35. The molecule has 2 aromatic heterocycles. The predicted octanol–water partition coefficient (Wildman–Crippen LogP) is 2.72. The molecule has 1 amide bonds. The SMILES string of the molecule is COCc1c(C(=O)N2CCCC[C@H]2CCn2ccnc2C)noc1C. The van der Waals surface area contributed by atoms with Gasteiger partial charge in [0.2, 0.25) is 0 Å². The molecule has 0 N–H and O–H groups in total. The molecule has 0 aromatic carbocycles. The maximum absolute atomic E-state index is 13.1. The molecule has 1 aliphatic rings. The molecule has 0 bridgehead atoms. The minimum atomic E-state index is -0.0454. The van der Waals surface area contributed by atoms with Gasteiger partial charge in [0.1, 0.15) is 11.6 Å². The molecule has 1 atom stereocenters. The minimum absolute atomic E-state index is 0.0454. The highest BCUT2D eigenvalue weighted by Crippen LogP contribution is 2.25. The molecule has 0 spiro atoms. The van der Waals surface area contributed by atoms with E-state index in [0.717, 1.165) is 50.2 Å². The van der Waals surface area contributed by atoms with Crippen molar-refractivity contribution in [3.63, 3.8) is 0 Å². The van der Waals surface area contributed by atoms with Crippen LogP contribution in [0.15, 0.2) is 16.9 Å². The van der Waals surface area contributed by atoms with Crippen LogP contribution in [0.3, 0.4) is 0 Å². The van der Waals surface area contributed by atoms with Crippen LogP contribution < -0.4 is 0 Å². The molecule has 0 unspecified atom stereocenters. The monoisotopic (exact) mass is 346 g/mol. The van der Waals surface area contributed by atoms with E-state index in [-0.39, 0.29) is 11.9 Å². The van der Waals surface area contributed by atoms with Crippen LogP contribution >= 0.6 is 0 Å². The summed E-state index contributed by atoms with van der Waals surface area (Å²) in [5.74, 6) is 1.60. The average molecular weight is 346 g/mol. The first-order valence-corrected chi connectivity index (χ1v) is 8.84. The molecule has 1 fully saturated rings. The van der Waals surface area contributed by atoms with Crippen LogP contribution in [-0.2, 0) is 17.9 Å². The highest BCUT2D eigenvalue weighted by Gasteiger charge is 2.31. The van der Waals surface area contributed by atoms with Crippen molar-refractivity contribution in [3.05, 3.63) is 35.2 Å². The van der Waals surface area contributed by atoms with Gasteiger partial charge in [-0.2, -0.15) is 0 Å². The molecular formula is C18H26N4O3. The number of imidazole rings is 1. The molecule has 3 heterocycles. The Morgan fingerprint density at radius 1 is 1.40 bits per heavy atom. The molecule has 0 radical (unpaired) electrons. The highest BCUT2D eigenvalue weighted by atomic mass is 16.5. The number of aromatic nitrogens is 3. The fourth-order valence-corrected chi connectivity index (χ4v) is 3.51. The van der Waals surface area contributed by atoms with E-state index in [0.29, 0.717) is 18.1 Å². The fourth-order valence-electron chi connectivity index (χ4n) is 3.51. The summed E-state index contributed by atoms with van der Waals surface area (Å²) in [6.07, 6.45) is 7.93. The lowest BCUT2D eigenvalue weighted by Crippen LogP contribution is -2.44. The quantitative estimate of drug-likeness (QED) is 0.804. The maximum Gasteiger partial charge on any atom is 0.276 e. The molecular weight excluding hydrogens is 320 g/mol. The topological polar surface area (TPSA) is 73.4 Å². The van der Waals surface area contributed by atoms with Crippen molar-refractivity contribution in [2.24, 2.45) is 0 Å². The van der Waals surface area contributed by atoms with Gasteiger partial charge in [-0.15, -0.1) is 0 Å². The summed E-state index contributed by atoms with van der Waals surface area (Å²) in [5.41, 5.74) is 1.15. The first-order chi connectivity index (χ1) is 12.1. The van der Waals surface area contributed by atoms with Crippen molar-refractivity contribution in [2.75, 3.05) is 13.7 Å². The lowest BCUT2D eigenvalue weighted by molar-refractivity contribution is 0.0581. The van der Waals surface area contributed by atoms with Gasteiger partial charge in [-0.25, -0.2) is 4.98 Å². The van der Waals surface area contributed by atoms with Crippen molar-refractivity contribution in [2.45, 2.75) is 58.7 Å². The van der Waals surface area contributed by atoms with Crippen LogP contribution in [0.4, 0.5) is 0 Å². The number of nitrogens with zero attached hydrogens (tertiary/aromatic N) is 4. The largest absolute Gasteiger partial charge is 0.380 e. The van der Waals surface area contributed by atoms with E-state index < -0.39 is 0 Å². The zero-order chi connectivity index (χ0) is 17.8. The first-order valence-electron chi connectivity index (χ1n) is 8.84. The number of carbonyl (C=O) groups excluding carboxylic acids is 1. The Kier molecular flexibility index (Phi) is 5.53. The van der Waals surface area contributed by atoms with E-state index in [2.05, 4.69) is 14.7 Å². The molecule has 7 heteroatoms. The minimum Gasteiger partial charge on any atom is -0.380 e. The summed E-state index contributed by atoms with van der Waals surface area (Å²) >= 11 is 0. The van der Waals surface area contributed by atoms with Gasteiger partial charge in [0.25, 0.3) is 5.91 Å². The summed E-state index contributed by atoms with van der Waals surface area (Å²) in [7, 11) is 1.61. The zero-order valence-corrected chi connectivity index (χ0v) is 15.2. The zero-order valence-electron chi connectivity index (χ0n) is 15.2. The van der Waals surface area contributed by atoms with Crippen molar-refractivity contribution in [1.82, 2.24) is 19.6 Å². The molecule has 7 nitrogen and oxygen atoms in total. The van der Waals surface area contributed by atoms with Gasteiger partial charge in [0.05, 0.1) is 12.2 Å². The molecule has 3 rings (SSSR count). The number of hydrogen-bond donors (Lipinski definition) is 0. The van der Waals surface area contributed by atoms with Gasteiger partial charge < -0.3 is 18.7 Å². The van der Waals surface area contributed by atoms with Gasteiger partial charge in [-0.05, 0) is 39.5 Å².